The minimum absolute atomic E-state index is 0.146. The molecule has 0 saturated carbocycles. The summed E-state index contributed by atoms with van der Waals surface area (Å²) in [6.07, 6.45) is 2.83. The first-order chi connectivity index (χ1) is 14.6. The molecule has 0 atom stereocenters. The van der Waals surface area contributed by atoms with Gasteiger partial charge in [0.25, 0.3) is 5.91 Å². The lowest BCUT2D eigenvalue weighted by atomic mass is 10.0. The van der Waals surface area contributed by atoms with Crippen molar-refractivity contribution in [2.45, 2.75) is 13.3 Å². The standard InChI is InChI=1S/C24H23FN3OS/c1-16-12-18-3-2-17(13-21(18)26-24(16)29)4-6-27-7-9-28(10-8-27)22-14-19(25)15-23-20(22)5-11-30-23/h2-3,5,11-15H,4,6-10H2,1H3. The van der Waals surface area contributed by atoms with Crippen molar-refractivity contribution in [2.24, 2.45) is 0 Å². The van der Waals surface area contributed by atoms with Crippen molar-refractivity contribution in [1.29, 1.82) is 0 Å². The number of benzene rings is 2. The molecule has 6 heteroatoms. The smallest absolute Gasteiger partial charge is 0.273 e. The molecule has 3 heterocycles. The summed E-state index contributed by atoms with van der Waals surface area (Å²) in [5.74, 6) is -0.309. The van der Waals surface area contributed by atoms with E-state index in [2.05, 4.69) is 33.3 Å². The number of halogens is 1. The van der Waals surface area contributed by atoms with Crippen LogP contribution in [0.15, 0.2) is 47.4 Å². The highest BCUT2D eigenvalue weighted by Crippen LogP contribution is 2.32. The summed E-state index contributed by atoms with van der Waals surface area (Å²) in [4.78, 5) is 16.6. The predicted molar refractivity (Wildman–Crippen MR) is 121 cm³/mol. The van der Waals surface area contributed by atoms with Crippen molar-refractivity contribution >= 4 is 44.8 Å². The third-order valence-electron chi connectivity index (χ3n) is 5.97. The molecule has 1 radical (unpaired) electrons. The van der Waals surface area contributed by atoms with Crippen LogP contribution < -0.4 is 10.2 Å². The van der Waals surface area contributed by atoms with Gasteiger partial charge in [-0.3, -0.25) is 9.69 Å². The third-order valence-corrected chi connectivity index (χ3v) is 6.83. The van der Waals surface area contributed by atoms with Crippen molar-refractivity contribution in [3.8, 4) is 0 Å². The van der Waals surface area contributed by atoms with Crippen LogP contribution in [0.2, 0.25) is 0 Å². The average Bonchev–Trinajstić information content (AvgIpc) is 3.21. The summed E-state index contributed by atoms with van der Waals surface area (Å²) in [6.45, 7) is 6.47. The number of rotatable bonds is 4. The van der Waals surface area contributed by atoms with Crippen molar-refractivity contribution in [3.05, 3.63) is 64.3 Å². The fourth-order valence-electron chi connectivity index (χ4n) is 4.24. The second kappa shape index (κ2) is 7.85. The zero-order valence-electron chi connectivity index (χ0n) is 16.9. The molecule has 0 aliphatic carbocycles. The monoisotopic (exact) mass is 420 g/mol. The molecule has 30 heavy (non-hydrogen) atoms. The highest BCUT2D eigenvalue weighted by Gasteiger charge is 2.20. The summed E-state index contributed by atoms with van der Waals surface area (Å²) >= 11 is 1.59. The van der Waals surface area contributed by atoms with E-state index in [4.69, 9.17) is 0 Å². The first-order valence-corrected chi connectivity index (χ1v) is 11.2. The zero-order chi connectivity index (χ0) is 20.7. The molecule has 1 fully saturated rings. The summed E-state index contributed by atoms with van der Waals surface area (Å²) < 4.78 is 15.0. The van der Waals surface area contributed by atoms with Crippen molar-refractivity contribution < 1.29 is 9.18 Å². The van der Waals surface area contributed by atoms with Crippen molar-refractivity contribution in [1.82, 2.24) is 10.2 Å². The lowest BCUT2D eigenvalue weighted by Crippen LogP contribution is -2.47. The van der Waals surface area contributed by atoms with Gasteiger partial charge in [0.05, 0.1) is 5.69 Å². The zero-order valence-corrected chi connectivity index (χ0v) is 17.7. The Hall–Kier alpha value is -2.70. The van der Waals surface area contributed by atoms with Gasteiger partial charge in [0.2, 0.25) is 0 Å². The molecule has 1 aromatic heterocycles. The average molecular weight is 421 g/mol. The van der Waals surface area contributed by atoms with Crippen LogP contribution in [0.4, 0.5) is 15.8 Å². The fraction of sp³-hybridized carbons (Fsp3) is 0.292. The minimum atomic E-state index is -0.163. The van der Waals surface area contributed by atoms with E-state index in [1.54, 1.807) is 30.4 Å². The van der Waals surface area contributed by atoms with Crippen LogP contribution in [0.3, 0.4) is 0 Å². The van der Waals surface area contributed by atoms with Gasteiger partial charge in [0.1, 0.15) is 5.82 Å². The number of thiophene rings is 1. The SMILES string of the molecule is CC1=Cc2ccc(CCN3CCN(c4cc(F)cc5sccc45)CC3)cc2[N]C1=O. The molecule has 0 unspecified atom stereocenters. The molecule has 1 amide bonds. The van der Waals surface area contributed by atoms with Crippen LogP contribution in [0.1, 0.15) is 18.1 Å². The number of piperazine rings is 1. The quantitative estimate of drug-likeness (QED) is 0.620. The number of carbonyl (C=O) groups is 1. The maximum Gasteiger partial charge on any atom is 0.273 e. The van der Waals surface area contributed by atoms with E-state index in [9.17, 15) is 9.18 Å². The van der Waals surface area contributed by atoms with Crippen LogP contribution in [-0.2, 0) is 11.2 Å². The molecule has 3 aromatic rings. The Bertz CT molecular complexity index is 1140. The number of carbonyl (C=O) groups excluding carboxylic acids is 1. The highest BCUT2D eigenvalue weighted by atomic mass is 32.1. The van der Waals surface area contributed by atoms with Gasteiger partial charge in [-0.05, 0) is 54.6 Å². The molecule has 5 rings (SSSR count). The third kappa shape index (κ3) is 3.73. The maximum absolute atomic E-state index is 14.0. The van der Waals surface area contributed by atoms with Gasteiger partial charge in [0.15, 0.2) is 0 Å². The number of amides is 1. The summed E-state index contributed by atoms with van der Waals surface area (Å²) in [6, 6.07) is 11.6. The molecular formula is C24H23FN3OS. The van der Waals surface area contributed by atoms with E-state index in [1.165, 1.54) is 5.56 Å². The Labute approximate surface area is 179 Å². The predicted octanol–water partition coefficient (Wildman–Crippen LogP) is 4.58. The van der Waals surface area contributed by atoms with E-state index < -0.39 is 0 Å². The normalized spacial score (nSPS) is 17.1. The van der Waals surface area contributed by atoms with E-state index >= 15 is 0 Å². The van der Waals surface area contributed by atoms with E-state index in [-0.39, 0.29) is 11.7 Å². The number of hydrogen-bond acceptors (Lipinski definition) is 4. The van der Waals surface area contributed by atoms with Crippen molar-refractivity contribution in [2.75, 3.05) is 37.6 Å². The van der Waals surface area contributed by atoms with Crippen LogP contribution in [0.25, 0.3) is 16.2 Å². The largest absolute Gasteiger partial charge is 0.368 e. The molecule has 1 saturated heterocycles. The lowest BCUT2D eigenvalue weighted by molar-refractivity contribution is -0.116. The molecule has 2 aromatic carbocycles. The summed E-state index contributed by atoms with van der Waals surface area (Å²) in [5, 5.41) is 7.37. The highest BCUT2D eigenvalue weighted by molar-refractivity contribution is 7.17. The topological polar surface area (TPSA) is 37.7 Å². The van der Waals surface area contributed by atoms with Crippen LogP contribution >= 0.6 is 11.3 Å². The lowest BCUT2D eigenvalue weighted by Gasteiger charge is -2.36. The van der Waals surface area contributed by atoms with Crippen LogP contribution in [0.5, 0.6) is 0 Å². The minimum Gasteiger partial charge on any atom is -0.368 e. The van der Waals surface area contributed by atoms with E-state index in [0.29, 0.717) is 5.57 Å². The fourth-order valence-corrected chi connectivity index (χ4v) is 5.07. The van der Waals surface area contributed by atoms with Gasteiger partial charge in [-0.2, -0.15) is 0 Å². The van der Waals surface area contributed by atoms with Crippen LogP contribution in [0, 0.1) is 5.82 Å². The van der Waals surface area contributed by atoms with Gasteiger partial charge in [-0.25, -0.2) is 9.71 Å². The summed E-state index contributed by atoms with van der Waals surface area (Å²) in [7, 11) is 0. The molecular weight excluding hydrogens is 397 g/mol. The van der Waals surface area contributed by atoms with E-state index in [0.717, 1.165) is 66.2 Å². The van der Waals surface area contributed by atoms with Gasteiger partial charge in [0, 0.05) is 59.6 Å². The Kier molecular flexibility index (Phi) is 5.05. The van der Waals surface area contributed by atoms with E-state index in [1.807, 2.05) is 17.5 Å². The Morgan fingerprint density at radius 3 is 2.77 bits per heavy atom. The molecule has 0 N–H and O–H groups in total. The van der Waals surface area contributed by atoms with Crippen LogP contribution in [-0.4, -0.2) is 43.5 Å². The number of anilines is 1. The second-order valence-electron chi connectivity index (χ2n) is 7.97. The second-order valence-corrected chi connectivity index (χ2v) is 8.92. The molecule has 4 nitrogen and oxygen atoms in total. The van der Waals surface area contributed by atoms with Gasteiger partial charge in [-0.15, -0.1) is 11.3 Å². The van der Waals surface area contributed by atoms with Gasteiger partial charge in [-0.1, -0.05) is 12.1 Å². The molecule has 0 spiro atoms. The molecule has 0 bridgehead atoms. The Morgan fingerprint density at radius 2 is 1.93 bits per heavy atom. The number of fused-ring (bicyclic) bond motifs is 2. The molecule has 2 aliphatic rings. The summed E-state index contributed by atoms with van der Waals surface area (Å²) in [5.41, 5.74) is 4.69. The van der Waals surface area contributed by atoms with Gasteiger partial charge >= 0.3 is 0 Å². The number of hydrogen-bond donors (Lipinski definition) is 0. The Morgan fingerprint density at radius 1 is 1.10 bits per heavy atom. The molecule has 2 aliphatic heterocycles. The van der Waals surface area contributed by atoms with Gasteiger partial charge < -0.3 is 4.90 Å². The Balaban J connectivity index is 1.21. The first kappa shape index (κ1) is 19.3. The number of nitrogens with zero attached hydrogens (tertiary/aromatic N) is 3. The first-order valence-electron chi connectivity index (χ1n) is 10.3. The molecule has 153 valence electrons. The van der Waals surface area contributed by atoms with Crippen molar-refractivity contribution in [3.63, 3.8) is 0 Å². The maximum atomic E-state index is 14.0.